The second-order valence-corrected chi connectivity index (χ2v) is 6.74. The number of hydrogen-bond donors (Lipinski definition) is 1. The Bertz CT molecular complexity index is 377. The highest BCUT2D eigenvalue weighted by Gasteiger charge is 2.22. The smallest absolute Gasteiger partial charge is 0.0758 e. The van der Waals surface area contributed by atoms with Crippen molar-refractivity contribution < 1.29 is 5.11 Å². The zero-order chi connectivity index (χ0) is 15.1. The summed E-state index contributed by atoms with van der Waals surface area (Å²) in [6, 6.07) is 0.342. The van der Waals surface area contributed by atoms with Gasteiger partial charge in [-0.2, -0.15) is 0 Å². The molecule has 1 aliphatic heterocycles. The van der Waals surface area contributed by atoms with Crippen LogP contribution in [0.4, 0.5) is 0 Å². The van der Waals surface area contributed by atoms with Crippen molar-refractivity contribution >= 4 is 15.9 Å². The Labute approximate surface area is 131 Å². The molecular weight excluding hydrogens is 316 g/mol. The van der Waals surface area contributed by atoms with E-state index < -0.39 is 0 Å². The van der Waals surface area contributed by atoms with Gasteiger partial charge in [0.25, 0.3) is 0 Å². The van der Waals surface area contributed by atoms with E-state index in [1.807, 2.05) is 6.08 Å². The summed E-state index contributed by atoms with van der Waals surface area (Å²) in [6.07, 6.45) is 11.8. The average molecular weight is 343 g/mol. The lowest BCUT2D eigenvalue weighted by atomic mass is 9.94. The number of aliphatic hydroxyl groups is 1. The minimum atomic E-state index is 0.229. The van der Waals surface area contributed by atoms with E-state index in [4.69, 9.17) is 5.11 Å². The maximum Gasteiger partial charge on any atom is 0.0758 e. The first kappa shape index (κ1) is 17.3. The third-order valence-corrected chi connectivity index (χ3v) is 4.78. The van der Waals surface area contributed by atoms with Gasteiger partial charge in [0.05, 0.1) is 6.26 Å². The minimum absolute atomic E-state index is 0.229. The van der Waals surface area contributed by atoms with Crippen molar-refractivity contribution in [3.8, 4) is 0 Å². The van der Waals surface area contributed by atoms with Gasteiger partial charge in [-0.3, -0.25) is 0 Å². The van der Waals surface area contributed by atoms with Gasteiger partial charge in [0, 0.05) is 29.7 Å². The van der Waals surface area contributed by atoms with Crippen LogP contribution in [-0.2, 0) is 0 Å². The predicted molar refractivity (Wildman–Crippen MR) is 89.9 cm³/mol. The van der Waals surface area contributed by atoms with Gasteiger partial charge < -0.3 is 14.9 Å². The first-order valence-corrected chi connectivity index (χ1v) is 7.96. The molecule has 0 saturated heterocycles. The van der Waals surface area contributed by atoms with E-state index in [0.29, 0.717) is 12.0 Å². The van der Waals surface area contributed by atoms with Crippen molar-refractivity contribution in [1.29, 1.82) is 0 Å². The molecule has 0 aliphatic carbocycles. The molecule has 0 amide bonds. The number of rotatable bonds is 4. The highest BCUT2D eigenvalue weighted by atomic mass is 79.9. The fourth-order valence-corrected chi connectivity index (χ4v) is 2.96. The maximum atomic E-state index is 9.17. The molecule has 1 N–H and O–H groups in total. The summed E-state index contributed by atoms with van der Waals surface area (Å²) in [7, 11) is 6.30. The SMILES string of the molecule is CC1CC=CC(/C=C/O)C(CCN(C)C)N(C)/C=C\1Br. The zero-order valence-electron chi connectivity index (χ0n) is 13.0. The Morgan fingerprint density at radius 1 is 1.50 bits per heavy atom. The van der Waals surface area contributed by atoms with Crippen LogP contribution in [0.3, 0.4) is 0 Å². The van der Waals surface area contributed by atoms with Crippen LogP contribution in [0.15, 0.2) is 35.2 Å². The van der Waals surface area contributed by atoms with E-state index in [1.165, 1.54) is 10.7 Å². The summed E-state index contributed by atoms with van der Waals surface area (Å²) in [6.45, 7) is 3.25. The molecule has 3 nitrogen and oxygen atoms in total. The molecule has 0 fully saturated rings. The molecule has 1 heterocycles. The van der Waals surface area contributed by atoms with E-state index in [0.717, 1.165) is 19.4 Å². The van der Waals surface area contributed by atoms with Crippen molar-refractivity contribution in [2.75, 3.05) is 27.7 Å². The van der Waals surface area contributed by atoms with Crippen LogP contribution in [0.25, 0.3) is 0 Å². The van der Waals surface area contributed by atoms with Crippen LogP contribution in [-0.4, -0.2) is 48.6 Å². The van der Waals surface area contributed by atoms with Gasteiger partial charge in [-0.1, -0.05) is 35.0 Å². The topological polar surface area (TPSA) is 26.7 Å². The number of hydrogen-bond acceptors (Lipinski definition) is 3. The molecule has 20 heavy (non-hydrogen) atoms. The van der Waals surface area contributed by atoms with Crippen LogP contribution in [0.2, 0.25) is 0 Å². The number of nitrogens with zero attached hydrogens (tertiary/aromatic N) is 2. The van der Waals surface area contributed by atoms with Gasteiger partial charge in [0.15, 0.2) is 0 Å². The first-order valence-electron chi connectivity index (χ1n) is 7.17. The molecule has 114 valence electrons. The Balaban J connectivity index is 2.99. The largest absolute Gasteiger partial charge is 0.516 e. The second-order valence-electron chi connectivity index (χ2n) is 5.82. The Hall–Kier alpha value is -0.740. The van der Waals surface area contributed by atoms with Crippen molar-refractivity contribution in [1.82, 2.24) is 9.80 Å². The van der Waals surface area contributed by atoms with E-state index >= 15 is 0 Å². The highest BCUT2D eigenvalue weighted by molar-refractivity contribution is 9.11. The summed E-state index contributed by atoms with van der Waals surface area (Å²) in [5.41, 5.74) is 0. The van der Waals surface area contributed by atoms with E-state index in [9.17, 15) is 0 Å². The van der Waals surface area contributed by atoms with Crippen LogP contribution < -0.4 is 0 Å². The Morgan fingerprint density at radius 2 is 2.20 bits per heavy atom. The fourth-order valence-electron chi connectivity index (χ4n) is 2.45. The molecule has 0 saturated carbocycles. The molecule has 3 unspecified atom stereocenters. The van der Waals surface area contributed by atoms with Crippen LogP contribution >= 0.6 is 15.9 Å². The molecule has 0 bridgehead atoms. The molecule has 0 aromatic rings. The molecule has 0 spiro atoms. The predicted octanol–water partition coefficient (Wildman–Crippen LogP) is 3.76. The Morgan fingerprint density at radius 3 is 2.80 bits per heavy atom. The van der Waals surface area contributed by atoms with Gasteiger partial charge in [-0.15, -0.1) is 0 Å². The van der Waals surface area contributed by atoms with E-state index in [1.54, 1.807) is 0 Å². The average Bonchev–Trinajstić information content (AvgIpc) is 2.41. The molecule has 3 atom stereocenters. The standard InChI is InChI=1S/C16H27BrN2O/c1-13-6-5-7-14(9-11-20)16(8-10-18(2)3)19(4)12-15(13)17/h5,7,9,11-14,16,20H,6,8,10H2,1-4H3/b7-5?,11-9+,15-12+. The third kappa shape index (κ3) is 5.33. The van der Waals surface area contributed by atoms with Crippen LogP contribution in [0.1, 0.15) is 19.8 Å². The van der Waals surface area contributed by atoms with Crippen LogP contribution in [0.5, 0.6) is 0 Å². The summed E-state index contributed by atoms with van der Waals surface area (Å²) >= 11 is 3.69. The first-order chi connectivity index (χ1) is 9.45. The molecule has 1 rings (SSSR count). The minimum Gasteiger partial charge on any atom is -0.516 e. The molecule has 0 aromatic carbocycles. The van der Waals surface area contributed by atoms with Gasteiger partial charge >= 0.3 is 0 Å². The molecule has 4 heteroatoms. The van der Waals surface area contributed by atoms with E-state index in [2.05, 4.69) is 72.1 Å². The lowest BCUT2D eigenvalue weighted by Gasteiger charge is -2.32. The number of allylic oxidation sites excluding steroid dienone is 2. The lowest BCUT2D eigenvalue weighted by molar-refractivity contribution is 0.245. The third-order valence-electron chi connectivity index (χ3n) is 3.79. The molecule has 0 aromatic heterocycles. The summed E-state index contributed by atoms with van der Waals surface area (Å²) in [5, 5.41) is 9.17. The number of aliphatic hydroxyl groups excluding tert-OH is 1. The summed E-state index contributed by atoms with van der Waals surface area (Å²) in [5.74, 6) is 0.715. The van der Waals surface area contributed by atoms with Crippen molar-refractivity contribution in [2.45, 2.75) is 25.8 Å². The lowest BCUT2D eigenvalue weighted by Crippen LogP contribution is -2.36. The maximum absolute atomic E-state index is 9.17. The van der Waals surface area contributed by atoms with Gasteiger partial charge in [-0.25, -0.2) is 0 Å². The monoisotopic (exact) mass is 342 g/mol. The van der Waals surface area contributed by atoms with Gasteiger partial charge in [-0.05, 0) is 45.5 Å². The molecular formula is C16H27BrN2O. The van der Waals surface area contributed by atoms with Crippen LogP contribution in [0, 0.1) is 11.8 Å². The van der Waals surface area contributed by atoms with E-state index in [-0.39, 0.29) is 5.92 Å². The quantitative estimate of drug-likeness (QED) is 0.622. The van der Waals surface area contributed by atoms with Gasteiger partial charge in [0.2, 0.25) is 0 Å². The summed E-state index contributed by atoms with van der Waals surface area (Å²) in [4.78, 5) is 4.47. The van der Waals surface area contributed by atoms with Gasteiger partial charge in [0.1, 0.15) is 0 Å². The summed E-state index contributed by atoms with van der Waals surface area (Å²) < 4.78 is 1.23. The highest BCUT2D eigenvalue weighted by Crippen LogP contribution is 2.27. The molecule has 0 radical (unpaired) electrons. The van der Waals surface area contributed by atoms with Crippen molar-refractivity contribution in [2.24, 2.45) is 11.8 Å². The number of halogens is 1. The van der Waals surface area contributed by atoms with Crippen molar-refractivity contribution in [3.63, 3.8) is 0 Å². The zero-order valence-corrected chi connectivity index (χ0v) is 14.5. The molecule has 1 aliphatic rings. The normalized spacial score (nSPS) is 31.0. The fraction of sp³-hybridized carbons (Fsp3) is 0.625. The second kappa shape index (κ2) is 8.53. The Kier molecular flexibility index (Phi) is 7.38. The van der Waals surface area contributed by atoms with Crippen molar-refractivity contribution in [3.05, 3.63) is 35.2 Å².